The molecule has 0 amide bonds. The standard InChI is InChI=1S/C19H22N4O.HI/c1-24-18-6-4-5-16(13-18)22-19(20)21-14-15-7-9-17(10-8-15)23-11-2-3-12-23;/h2-10,13H,11-12,14H2,1H3,(H3,20,21,22);1H. The minimum Gasteiger partial charge on any atom is -0.497 e. The molecule has 1 heterocycles. The smallest absolute Gasteiger partial charge is 0.193 e. The van der Waals surface area contributed by atoms with Crippen LogP contribution in [0.3, 0.4) is 0 Å². The minimum atomic E-state index is 0. The largest absolute Gasteiger partial charge is 0.497 e. The molecule has 0 fully saturated rings. The summed E-state index contributed by atoms with van der Waals surface area (Å²) in [6.45, 7) is 2.51. The monoisotopic (exact) mass is 450 g/mol. The Balaban J connectivity index is 0.00000225. The lowest BCUT2D eigenvalue weighted by Crippen LogP contribution is -2.22. The molecule has 0 bridgehead atoms. The average molecular weight is 450 g/mol. The molecule has 0 spiro atoms. The van der Waals surface area contributed by atoms with Gasteiger partial charge in [-0.15, -0.1) is 24.0 Å². The summed E-state index contributed by atoms with van der Waals surface area (Å²) in [5.41, 5.74) is 9.17. The molecule has 2 aromatic rings. The van der Waals surface area contributed by atoms with E-state index in [-0.39, 0.29) is 24.0 Å². The highest BCUT2D eigenvalue weighted by Gasteiger charge is 2.06. The van der Waals surface area contributed by atoms with Gasteiger partial charge in [-0.3, -0.25) is 0 Å². The first-order valence-electron chi connectivity index (χ1n) is 7.94. The molecule has 3 rings (SSSR count). The van der Waals surface area contributed by atoms with Crippen molar-refractivity contribution in [3.8, 4) is 5.75 Å². The Kier molecular flexibility index (Phi) is 7.12. The summed E-state index contributed by atoms with van der Waals surface area (Å²) in [7, 11) is 1.64. The fourth-order valence-electron chi connectivity index (χ4n) is 2.57. The summed E-state index contributed by atoms with van der Waals surface area (Å²) in [6, 6.07) is 16.0. The van der Waals surface area contributed by atoms with E-state index in [0.717, 1.165) is 30.1 Å². The lowest BCUT2D eigenvalue weighted by atomic mass is 10.2. The van der Waals surface area contributed by atoms with Crippen molar-refractivity contribution in [3.05, 3.63) is 66.2 Å². The fourth-order valence-corrected chi connectivity index (χ4v) is 2.57. The highest BCUT2D eigenvalue weighted by Crippen LogP contribution is 2.18. The molecule has 132 valence electrons. The first kappa shape index (κ1) is 19.1. The first-order chi connectivity index (χ1) is 11.7. The van der Waals surface area contributed by atoms with Gasteiger partial charge in [0.15, 0.2) is 5.96 Å². The van der Waals surface area contributed by atoms with Gasteiger partial charge in [0, 0.05) is 30.5 Å². The number of nitrogens with one attached hydrogen (secondary N) is 1. The van der Waals surface area contributed by atoms with E-state index >= 15 is 0 Å². The Morgan fingerprint density at radius 3 is 2.56 bits per heavy atom. The number of guanidine groups is 1. The van der Waals surface area contributed by atoms with E-state index in [1.807, 2.05) is 24.3 Å². The van der Waals surface area contributed by atoms with Crippen LogP contribution in [0, 0.1) is 0 Å². The van der Waals surface area contributed by atoms with Gasteiger partial charge in [0.1, 0.15) is 5.75 Å². The Hall–Kier alpha value is -2.22. The number of benzene rings is 2. The zero-order valence-corrected chi connectivity index (χ0v) is 16.5. The topological polar surface area (TPSA) is 62.9 Å². The molecule has 0 atom stereocenters. The highest BCUT2D eigenvalue weighted by atomic mass is 127. The summed E-state index contributed by atoms with van der Waals surface area (Å²) in [6.07, 6.45) is 4.37. The first-order valence-corrected chi connectivity index (χ1v) is 7.94. The van der Waals surface area contributed by atoms with Crippen LogP contribution in [0.25, 0.3) is 0 Å². The maximum Gasteiger partial charge on any atom is 0.193 e. The molecular formula is C19H23IN4O. The number of nitrogens with two attached hydrogens (primary N) is 1. The van der Waals surface area contributed by atoms with Crippen LogP contribution in [0.2, 0.25) is 0 Å². The molecule has 1 aliphatic heterocycles. The van der Waals surface area contributed by atoms with Crippen LogP contribution in [0.4, 0.5) is 11.4 Å². The number of nitrogens with zero attached hydrogens (tertiary/aromatic N) is 2. The summed E-state index contributed by atoms with van der Waals surface area (Å²) >= 11 is 0. The van der Waals surface area contributed by atoms with Gasteiger partial charge in [0.25, 0.3) is 0 Å². The summed E-state index contributed by atoms with van der Waals surface area (Å²) < 4.78 is 5.19. The van der Waals surface area contributed by atoms with Crippen molar-refractivity contribution in [2.75, 3.05) is 30.4 Å². The third-order valence-electron chi connectivity index (χ3n) is 3.89. The number of halogens is 1. The van der Waals surface area contributed by atoms with Crippen molar-refractivity contribution < 1.29 is 4.74 Å². The van der Waals surface area contributed by atoms with Gasteiger partial charge in [-0.05, 0) is 29.8 Å². The van der Waals surface area contributed by atoms with Crippen molar-refractivity contribution in [2.24, 2.45) is 10.7 Å². The summed E-state index contributed by atoms with van der Waals surface area (Å²) in [4.78, 5) is 6.70. The molecule has 5 nitrogen and oxygen atoms in total. The Morgan fingerprint density at radius 1 is 1.16 bits per heavy atom. The second-order valence-electron chi connectivity index (χ2n) is 5.60. The lowest BCUT2D eigenvalue weighted by Gasteiger charge is -2.17. The molecule has 0 aromatic heterocycles. The van der Waals surface area contributed by atoms with Gasteiger partial charge in [-0.25, -0.2) is 4.99 Å². The molecule has 25 heavy (non-hydrogen) atoms. The third kappa shape index (κ3) is 5.38. The van der Waals surface area contributed by atoms with Gasteiger partial charge in [-0.2, -0.15) is 0 Å². The predicted molar refractivity (Wildman–Crippen MR) is 115 cm³/mol. The van der Waals surface area contributed by atoms with E-state index in [1.165, 1.54) is 5.69 Å². The lowest BCUT2D eigenvalue weighted by molar-refractivity contribution is 0.415. The number of anilines is 2. The molecular weight excluding hydrogens is 427 g/mol. The average Bonchev–Trinajstić information content (AvgIpc) is 3.15. The van der Waals surface area contributed by atoms with Gasteiger partial charge in [-0.1, -0.05) is 30.4 Å². The Labute approximate surface area is 165 Å². The summed E-state index contributed by atoms with van der Waals surface area (Å²) in [5, 5.41) is 3.07. The number of methoxy groups -OCH3 is 1. The SMILES string of the molecule is COc1cccc(NC(N)=NCc2ccc(N3CC=CC3)cc2)c1.I. The van der Waals surface area contributed by atoms with Crippen LogP contribution >= 0.6 is 24.0 Å². The highest BCUT2D eigenvalue weighted by molar-refractivity contribution is 14.0. The van der Waals surface area contributed by atoms with Crippen molar-refractivity contribution in [1.29, 1.82) is 0 Å². The van der Waals surface area contributed by atoms with Crippen LogP contribution in [-0.4, -0.2) is 26.2 Å². The molecule has 0 radical (unpaired) electrons. The number of hydrogen-bond acceptors (Lipinski definition) is 3. The molecule has 1 aliphatic rings. The van der Waals surface area contributed by atoms with Gasteiger partial charge < -0.3 is 20.7 Å². The van der Waals surface area contributed by atoms with Gasteiger partial charge in [0.2, 0.25) is 0 Å². The molecule has 0 saturated heterocycles. The van der Waals surface area contributed by atoms with Crippen molar-refractivity contribution in [1.82, 2.24) is 0 Å². The fraction of sp³-hybridized carbons (Fsp3) is 0.211. The van der Waals surface area contributed by atoms with Crippen LogP contribution < -0.4 is 20.7 Å². The number of aliphatic imine (C=N–C) groups is 1. The predicted octanol–water partition coefficient (Wildman–Crippen LogP) is 3.62. The molecule has 0 aliphatic carbocycles. The maximum absolute atomic E-state index is 5.96. The van der Waals surface area contributed by atoms with Crippen molar-refractivity contribution >= 4 is 41.3 Å². The third-order valence-corrected chi connectivity index (χ3v) is 3.89. The Bertz CT molecular complexity index is 735. The number of hydrogen-bond donors (Lipinski definition) is 2. The molecule has 0 saturated carbocycles. The normalized spacial score (nSPS) is 13.5. The maximum atomic E-state index is 5.96. The second kappa shape index (κ2) is 9.31. The van der Waals surface area contributed by atoms with Gasteiger partial charge >= 0.3 is 0 Å². The van der Waals surface area contributed by atoms with E-state index in [1.54, 1.807) is 7.11 Å². The number of ether oxygens (including phenoxy) is 1. The van der Waals surface area contributed by atoms with E-state index in [4.69, 9.17) is 10.5 Å². The number of rotatable bonds is 5. The molecule has 0 unspecified atom stereocenters. The Morgan fingerprint density at radius 2 is 1.88 bits per heavy atom. The van der Waals surface area contributed by atoms with Crippen molar-refractivity contribution in [3.63, 3.8) is 0 Å². The van der Waals surface area contributed by atoms with Crippen LogP contribution in [0.15, 0.2) is 65.7 Å². The quantitative estimate of drug-likeness (QED) is 0.316. The van der Waals surface area contributed by atoms with Crippen LogP contribution in [0.1, 0.15) is 5.56 Å². The molecule has 6 heteroatoms. The van der Waals surface area contributed by atoms with E-state index in [9.17, 15) is 0 Å². The van der Waals surface area contributed by atoms with Gasteiger partial charge in [0.05, 0.1) is 13.7 Å². The minimum absolute atomic E-state index is 0. The second-order valence-corrected chi connectivity index (χ2v) is 5.60. The van der Waals surface area contributed by atoms with Crippen LogP contribution in [0.5, 0.6) is 5.75 Å². The van der Waals surface area contributed by atoms with Crippen LogP contribution in [-0.2, 0) is 6.54 Å². The zero-order valence-electron chi connectivity index (χ0n) is 14.2. The zero-order chi connectivity index (χ0) is 16.8. The molecule has 2 aromatic carbocycles. The van der Waals surface area contributed by atoms with E-state index < -0.39 is 0 Å². The summed E-state index contributed by atoms with van der Waals surface area (Å²) in [5.74, 6) is 1.16. The van der Waals surface area contributed by atoms with Crippen molar-refractivity contribution in [2.45, 2.75) is 6.54 Å². The molecule has 3 N–H and O–H groups in total. The van der Waals surface area contributed by atoms with E-state index in [0.29, 0.717) is 12.5 Å². The van der Waals surface area contributed by atoms with E-state index in [2.05, 4.69) is 51.6 Å².